The molecule has 1 aliphatic heterocycles. The van der Waals surface area contributed by atoms with E-state index in [9.17, 15) is 13.2 Å². The average Bonchev–Trinajstić information content (AvgIpc) is 2.74. The lowest BCUT2D eigenvalue weighted by Crippen LogP contribution is -2.32. The first-order chi connectivity index (χ1) is 9.68. The predicted octanol–water partition coefficient (Wildman–Crippen LogP) is 2.03. The van der Waals surface area contributed by atoms with Crippen molar-refractivity contribution in [2.45, 2.75) is 38.1 Å². The minimum Gasteiger partial charge on any atom is -0.475 e. The first-order valence-electron chi connectivity index (χ1n) is 6.35. The normalized spacial score (nSPS) is 22.1. The summed E-state index contributed by atoms with van der Waals surface area (Å²) in [5.41, 5.74) is 1.10. The zero-order valence-corrected chi connectivity index (χ0v) is 11.7. The van der Waals surface area contributed by atoms with E-state index in [-0.39, 0.29) is 0 Å². The smallest absolute Gasteiger partial charge is 0.475 e. The SMILES string of the molecule is CC1CC(Nc2cnn(C)c2)CCO1.O=C(O)C(F)(F)F. The fourth-order valence-corrected chi connectivity index (χ4v) is 1.86. The van der Waals surface area contributed by atoms with Crippen molar-refractivity contribution in [3.63, 3.8) is 0 Å². The van der Waals surface area contributed by atoms with Gasteiger partial charge in [-0.25, -0.2) is 4.79 Å². The molecule has 0 amide bonds. The van der Waals surface area contributed by atoms with Gasteiger partial charge >= 0.3 is 12.1 Å². The lowest BCUT2D eigenvalue weighted by atomic mass is 10.0. The Morgan fingerprint density at radius 1 is 1.57 bits per heavy atom. The standard InChI is InChI=1S/C10H17N3O.C2HF3O2/c1-8-5-9(3-4-14-8)12-10-6-11-13(2)7-10;3-2(4,5)1(6)7/h6-9,12H,3-5H2,1-2H3;(H,6,7). The molecule has 1 fully saturated rings. The van der Waals surface area contributed by atoms with E-state index in [0.29, 0.717) is 12.1 Å². The number of nitrogens with zero attached hydrogens (tertiary/aromatic N) is 2. The van der Waals surface area contributed by atoms with Crippen LogP contribution in [0.2, 0.25) is 0 Å². The van der Waals surface area contributed by atoms with E-state index in [2.05, 4.69) is 17.3 Å². The number of carbonyl (C=O) groups is 1. The van der Waals surface area contributed by atoms with Gasteiger partial charge in [-0.1, -0.05) is 0 Å². The van der Waals surface area contributed by atoms with E-state index in [1.807, 2.05) is 24.1 Å². The Morgan fingerprint density at radius 3 is 2.62 bits per heavy atom. The summed E-state index contributed by atoms with van der Waals surface area (Å²) in [7, 11) is 1.93. The van der Waals surface area contributed by atoms with Crippen LogP contribution in [0.1, 0.15) is 19.8 Å². The van der Waals surface area contributed by atoms with E-state index >= 15 is 0 Å². The highest BCUT2D eigenvalue weighted by Crippen LogP contribution is 2.17. The summed E-state index contributed by atoms with van der Waals surface area (Å²) in [6, 6.07) is 0.531. The maximum atomic E-state index is 10.6. The summed E-state index contributed by atoms with van der Waals surface area (Å²) < 4.78 is 39.0. The van der Waals surface area contributed by atoms with E-state index in [1.54, 1.807) is 0 Å². The number of aromatic nitrogens is 2. The van der Waals surface area contributed by atoms with Crippen LogP contribution in [0.5, 0.6) is 0 Å². The van der Waals surface area contributed by atoms with Crippen LogP contribution in [0.15, 0.2) is 12.4 Å². The van der Waals surface area contributed by atoms with Gasteiger partial charge in [0.05, 0.1) is 18.0 Å². The van der Waals surface area contributed by atoms with Crippen LogP contribution in [0.3, 0.4) is 0 Å². The van der Waals surface area contributed by atoms with Crippen LogP contribution in [0, 0.1) is 0 Å². The third-order valence-corrected chi connectivity index (χ3v) is 2.80. The molecular formula is C12H18F3N3O3. The van der Waals surface area contributed by atoms with Gasteiger partial charge in [-0.05, 0) is 19.8 Å². The Labute approximate surface area is 119 Å². The second kappa shape index (κ2) is 7.30. The Hall–Kier alpha value is -1.77. The number of nitrogens with one attached hydrogen (secondary N) is 1. The first kappa shape index (κ1) is 17.3. The van der Waals surface area contributed by atoms with Crippen molar-refractivity contribution in [1.82, 2.24) is 9.78 Å². The van der Waals surface area contributed by atoms with Crippen molar-refractivity contribution in [3.8, 4) is 0 Å². The van der Waals surface area contributed by atoms with Crippen LogP contribution in [-0.2, 0) is 16.6 Å². The molecule has 2 atom stereocenters. The highest BCUT2D eigenvalue weighted by Gasteiger charge is 2.38. The lowest BCUT2D eigenvalue weighted by Gasteiger charge is -2.28. The summed E-state index contributed by atoms with van der Waals surface area (Å²) >= 11 is 0. The number of ether oxygens (including phenoxy) is 1. The van der Waals surface area contributed by atoms with Crippen molar-refractivity contribution in [3.05, 3.63) is 12.4 Å². The van der Waals surface area contributed by atoms with Crippen molar-refractivity contribution in [2.75, 3.05) is 11.9 Å². The maximum Gasteiger partial charge on any atom is 0.490 e. The maximum absolute atomic E-state index is 10.6. The van der Waals surface area contributed by atoms with Gasteiger partial charge in [-0.15, -0.1) is 0 Å². The van der Waals surface area contributed by atoms with Crippen molar-refractivity contribution >= 4 is 11.7 Å². The largest absolute Gasteiger partial charge is 0.490 e. The van der Waals surface area contributed by atoms with Gasteiger partial charge < -0.3 is 15.2 Å². The molecule has 2 unspecified atom stereocenters. The molecule has 2 heterocycles. The van der Waals surface area contributed by atoms with Gasteiger partial charge in [0.1, 0.15) is 0 Å². The van der Waals surface area contributed by atoms with Crippen LogP contribution in [-0.4, -0.2) is 45.8 Å². The van der Waals surface area contributed by atoms with Crippen LogP contribution < -0.4 is 5.32 Å². The zero-order valence-electron chi connectivity index (χ0n) is 11.7. The van der Waals surface area contributed by atoms with Gasteiger partial charge in [0.25, 0.3) is 0 Å². The number of rotatable bonds is 2. The minimum absolute atomic E-state index is 0.373. The fraction of sp³-hybridized carbons (Fsp3) is 0.667. The monoisotopic (exact) mass is 309 g/mol. The van der Waals surface area contributed by atoms with Gasteiger partial charge in [-0.2, -0.15) is 18.3 Å². The molecule has 21 heavy (non-hydrogen) atoms. The molecule has 1 aliphatic rings. The molecule has 0 radical (unpaired) electrons. The molecule has 0 bridgehead atoms. The number of carboxylic acid groups (broad SMARTS) is 1. The molecule has 1 saturated heterocycles. The summed E-state index contributed by atoms with van der Waals surface area (Å²) in [6.07, 6.45) is 1.31. The van der Waals surface area contributed by atoms with Crippen LogP contribution >= 0.6 is 0 Å². The second-order valence-corrected chi connectivity index (χ2v) is 4.75. The summed E-state index contributed by atoms with van der Waals surface area (Å²) in [5.74, 6) is -2.76. The topological polar surface area (TPSA) is 76.4 Å². The molecule has 0 spiro atoms. The van der Waals surface area contributed by atoms with Gasteiger partial charge in [-0.3, -0.25) is 4.68 Å². The Bertz CT molecular complexity index is 462. The van der Waals surface area contributed by atoms with Gasteiger partial charge in [0.2, 0.25) is 0 Å². The molecule has 2 N–H and O–H groups in total. The number of aryl methyl sites for hydroxylation is 1. The van der Waals surface area contributed by atoms with Crippen molar-refractivity contribution in [2.24, 2.45) is 7.05 Å². The summed E-state index contributed by atoms with van der Waals surface area (Å²) in [6.45, 7) is 2.98. The first-order valence-corrected chi connectivity index (χ1v) is 6.35. The Balaban J connectivity index is 0.000000270. The highest BCUT2D eigenvalue weighted by molar-refractivity contribution is 5.73. The van der Waals surface area contributed by atoms with E-state index in [4.69, 9.17) is 14.6 Å². The molecule has 6 nitrogen and oxygen atoms in total. The Kier molecular flexibility index (Phi) is 6.01. The predicted molar refractivity (Wildman–Crippen MR) is 69.0 cm³/mol. The van der Waals surface area contributed by atoms with Crippen LogP contribution in [0.25, 0.3) is 0 Å². The quantitative estimate of drug-likeness (QED) is 0.874. The number of aliphatic carboxylic acids is 1. The third kappa shape index (κ3) is 6.48. The fourth-order valence-electron chi connectivity index (χ4n) is 1.86. The third-order valence-electron chi connectivity index (χ3n) is 2.80. The number of anilines is 1. The lowest BCUT2D eigenvalue weighted by molar-refractivity contribution is -0.192. The Morgan fingerprint density at radius 2 is 2.19 bits per heavy atom. The second-order valence-electron chi connectivity index (χ2n) is 4.75. The number of hydrogen-bond donors (Lipinski definition) is 2. The van der Waals surface area contributed by atoms with E-state index in [0.717, 1.165) is 25.1 Å². The minimum atomic E-state index is -5.08. The van der Waals surface area contributed by atoms with Crippen molar-refractivity contribution in [1.29, 1.82) is 0 Å². The number of halogens is 3. The summed E-state index contributed by atoms with van der Waals surface area (Å²) in [5, 5.41) is 14.7. The average molecular weight is 309 g/mol. The van der Waals surface area contributed by atoms with E-state index < -0.39 is 12.1 Å². The molecule has 1 aromatic rings. The molecule has 2 rings (SSSR count). The molecule has 0 aliphatic carbocycles. The van der Waals surface area contributed by atoms with E-state index in [1.165, 1.54) is 0 Å². The zero-order chi connectivity index (χ0) is 16.0. The number of carboxylic acids is 1. The number of alkyl halides is 3. The van der Waals surface area contributed by atoms with Gasteiger partial charge in [0.15, 0.2) is 0 Å². The van der Waals surface area contributed by atoms with Crippen LogP contribution in [0.4, 0.5) is 18.9 Å². The van der Waals surface area contributed by atoms with Gasteiger partial charge in [0, 0.05) is 25.9 Å². The molecule has 120 valence electrons. The number of hydrogen-bond acceptors (Lipinski definition) is 4. The highest BCUT2D eigenvalue weighted by atomic mass is 19.4. The summed E-state index contributed by atoms with van der Waals surface area (Å²) in [4.78, 5) is 8.90. The molecule has 9 heteroatoms. The molecule has 0 aromatic carbocycles. The molecular weight excluding hydrogens is 291 g/mol. The molecule has 1 aromatic heterocycles. The molecule has 0 saturated carbocycles. The van der Waals surface area contributed by atoms with Crippen molar-refractivity contribution < 1.29 is 27.8 Å².